The van der Waals surface area contributed by atoms with Crippen LogP contribution in [0.2, 0.25) is 0 Å². The molecule has 3 aromatic carbocycles. The largest absolute Gasteiger partial charge is 0.493 e. The number of nitrogens with zero attached hydrogens (tertiary/aromatic N) is 2. The Bertz CT molecular complexity index is 1740. The molecule has 0 saturated heterocycles. The van der Waals surface area contributed by atoms with Gasteiger partial charge in [0.15, 0.2) is 16.3 Å². The summed E-state index contributed by atoms with van der Waals surface area (Å²) in [7, 11) is 3.09. The number of benzene rings is 3. The molecular weight excluding hydrogens is 519 g/mol. The Labute approximate surface area is 227 Å². The lowest BCUT2D eigenvalue weighted by atomic mass is 9.96. The highest BCUT2D eigenvalue weighted by atomic mass is 32.1. The van der Waals surface area contributed by atoms with E-state index in [0.29, 0.717) is 32.1 Å². The minimum Gasteiger partial charge on any atom is -0.493 e. The Morgan fingerprint density at radius 2 is 1.74 bits per heavy atom. The van der Waals surface area contributed by atoms with Crippen LogP contribution < -0.4 is 24.4 Å². The summed E-state index contributed by atoms with van der Waals surface area (Å²) in [5.74, 6) is 0.0846. The number of hydrogen-bond donors (Lipinski definition) is 0. The smallest absolute Gasteiger partial charge is 0.338 e. The Morgan fingerprint density at radius 1 is 1.03 bits per heavy atom. The second kappa shape index (κ2) is 11.1. The zero-order chi connectivity index (χ0) is 27.5. The van der Waals surface area contributed by atoms with Crippen molar-refractivity contribution >= 4 is 23.4 Å². The van der Waals surface area contributed by atoms with E-state index in [1.54, 1.807) is 51.5 Å². The highest BCUT2D eigenvalue weighted by molar-refractivity contribution is 7.07. The number of aromatic nitrogens is 1. The van der Waals surface area contributed by atoms with Crippen molar-refractivity contribution in [2.75, 3.05) is 14.2 Å². The van der Waals surface area contributed by atoms with E-state index in [0.717, 1.165) is 11.1 Å². The van der Waals surface area contributed by atoms with Gasteiger partial charge in [-0.05, 0) is 54.0 Å². The molecule has 1 unspecified atom stereocenters. The first-order chi connectivity index (χ1) is 18.9. The third-order valence-corrected chi connectivity index (χ3v) is 7.33. The number of allylic oxidation sites excluding steroid dienone is 1. The lowest BCUT2D eigenvalue weighted by Gasteiger charge is -2.24. The number of hydrogen-bond acceptors (Lipinski definition) is 7. The van der Waals surface area contributed by atoms with Crippen molar-refractivity contribution in [3.05, 3.63) is 126 Å². The third kappa shape index (κ3) is 5.26. The summed E-state index contributed by atoms with van der Waals surface area (Å²) in [5, 5.41) is 0. The molecule has 0 fully saturated rings. The normalized spacial score (nSPS) is 15.0. The van der Waals surface area contributed by atoms with E-state index in [1.165, 1.54) is 28.0 Å². The van der Waals surface area contributed by atoms with Gasteiger partial charge < -0.3 is 14.2 Å². The zero-order valence-electron chi connectivity index (χ0n) is 21.5. The van der Waals surface area contributed by atoms with Gasteiger partial charge in [0.05, 0.1) is 36.1 Å². The van der Waals surface area contributed by atoms with Gasteiger partial charge in [-0.15, -0.1) is 0 Å². The summed E-state index contributed by atoms with van der Waals surface area (Å²) in [5.41, 5.74) is 2.45. The number of halogens is 1. The van der Waals surface area contributed by atoms with E-state index in [-0.39, 0.29) is 17.7 Å². The molecule has 1 aliphatic rings. The summed E-state index contributed by atoms with van der Waals surface area (Å²) in [6.07, 6.45) is 1.74. The van der Waals surface area contributed by atoms with Gasteiger partial charge >= 0.3 is 5.97 Å². The summed E-state index contributed by atoms with van der Waals surface area (Å²) >= 11 is 1.21. The highest BCUT2D eigenvalue weighted by Crippen LogP contribution is 2.31. The van der Waals surface area contributed by atoms with Gasteiger partial charge in [-0.2, -0.15) is 0 Å². The van der Waals surface area contributed by atoms with Crippen molar-refractivity contribution in [3.8, 4) is 11.5 Å². The van der Waals surface area contributed by atoms with Crippen LogP contribution in [0.3, 0.4) is 0 Å². The van der Waals surface area contributed by atoms with Gasteiger partial charge in [0, 0.05) is 0 Å². The summed E-state index contributed by atoms with van der Waals surface area (Å²) < 4.78 is 32.0. The van der Waals surface area contributed by atoms with Gasteiger partial charge in [0.25, 0.3) is 5.56 Å². The number of rotatable bonds is 7. The second-order valence-electron chi connectivity index (χ2n) is 8.81. The van der Waals surface area contributed by atoms with Crippen molar-refractivity contribution in [1.82, 2.24) is 4.57 Å². The first-order valence-corrected chi connectivity index (χ1v) is 12.9. The number of methoxy groups -OCH3 is 2. The minimum absolute atomic E-state index is 0.0658. The molecule has 1 aromatic heterocycles. The fraction of sp³-hybridized carbons (Fsp3) is 0.167. The van der Waals surface area contributed by atoms with E-state index in [1.807, 2.05) is 36.4 Å². The number of ether oxygens (including phenoxy) is 3. The summed E-state index contributed by atoms with van der Waals surface area (Å²) in [6.45, 7) is 1.78. The first kappa shape index (κ1) is 26.1. The number of carbonyl (C=O) groups is 1. The SMILES string of the molecule is COc1ccc(C=c2sc3n(c2=O)C(c2ccc(F)cc2)C(C(=O)OCc2ccccc2)=C(C)N=3)cc1OC. The van der Waals surface area contributed by atoms with E-state index < -0.39 is 17.8 Å². The molecule has 4 aromatic rings. The molecule has 9 heteroatoms. The number of carbonyl (C=O) groups excluding carboxylic acids is 1. The number of thiazole rings is 1. The molecule has 198 valence electrons. The molecule has 0 spiro atoms. The molecule has 7 nitrogen and oxygen atoms in total. The van der Waals surface area contributed by atoms with E-state index in [4.69, 9.17) is 14.2 Å². The predicted octanol–water partition coefficient (Wildman–Crippen LogP) is 4.13. The van der Waals surface area contributed by atoms with E-state index in [9.17, 15) is 14.0 Å². The lowest BCUT2D eigenvalue weighted by Crippen LogP contribution is -2.39. The fourth-order valence-corrected chi connectivity index (χ4v) is 5.48. The van der Waals surface area contributed by atoms with E-state index >= 15 is 0 Å². The van der Waals surface area contributed by atoms with Crippen molar-refractivity contribution in [1.29, 1.82) is 0 Å². The Kier molecular flexibility index (Phi) is 7.42. The van der Waals surface area contributed by atoms with Gasteiger partial charge in [0.2, 0.25) is 0 Å². The molecular formula is C30H25FN2O5S. The number of esters is 1. The van der Waals surface area contributed by atoms with Crippen LogP contribution in [-0.2, 0) is 16.1 Å². The molecule has 0 saturated carbocycles. The maximum absolute atomic E-state index is 13.8. The average molecular weight is 545 g/mol. The molecule has 2 heterocycles. The Morgan fingerprint density at radius 3 is 2.44 bits per heavy atom. The van der Waals surface area contributed by atoms with Gasteiger partial charge in [-0.25, -0.2) is 14.2 Å². The topological polar surface area (TPSA) is 79.1 Å². The second-order valence-corrected chi connectivity index (χ2v) is 9.82. The van der Waals surface area contributed by atoms with Gasteiger partial charge in [-0.3, -0.25) is 9.36 Å². The maximum atomic E-state index is 13.8. The van der Waals surface area contributed by atoms with Crippen molar-refractivity contribution in [3.63, 3.8) is 0 Å². The van der Waals surface area contributed by atoms with Crippen molar-refractivity contribution in [2.24, 2.45) is 4.99 Å². The monoisotopic (exact) mass is 544 g/mol. The van der Waals surface area contributed by atoms with Crippen LogP contribution in [0, 0.1) is 5.82 Å². The molecule has 0 bridgehead atoms. The molecule has 5 rings (SSSR count). The molecule has 0 aliphatic carbocycles. The van der Waals surface area contributed by atoms with Crippen LogP contribution in [0.4, 0.5) is 4.39 Å². The van der Waals surface area contributed by atoms with Crippen LogP contribution in [-0.4, -0.2) is 24.8 Å². The van der Waals surface area contributed by atoms with Crippen LogP contribution in [0.15, 0.2) is 93.9 Å². The lowest BCUT2D eigenvalue weighted by molar-refractivity contribution is -0.140. The molecule has 39 heavy (non-hydrogen) atoms. The third-order valence-electron chi connectivity index (χ3n) is 6.35. The Balaban J connectivity index is 1.61. The quantitative estimate of drug-likeness (QED) is 0.327. The van der Waals surface area contributed by atoms with Crippen LogP contribution in [0.25, 0.3) is 6.08 Å². The average Bonchev–Trinajstić information content (AvgIpc) is 3.25. The van der Waals surface area contributed by atoms with Crippen LogP contribution >= 0.6 is 11.3 Å². The first-order valence-electron chi connectivity index (χ1n) is 12.1. The van der Waals surface area contributed by atoms with Gasteiger partial charge in [-0.1, -0.05) is 59.9 Å². The molecule has 1 atom stereocenters. The highest BCUT2D eigenvalue weighted by Gasteiger charge is 2.33. The minimum atomic E-state index is -0.835. The molecule has 1 aliphatic heterocycles. The van der Waals surface area contributed by atoms with Crippen molar-refractivity contribution in [2.45, 2.75) is 19.6 Å². The van der Waals surface area contributed by atoms with Crippen LogP contribution in [0.1, 0.15) is 29.7 Å². The molecule has 0 radical (unpaired) electrons. The molecule has 0 amide bonds. The number of fused-ring (bicyclic) bond motifs is 1. The maximum Gasteiger partial charge on any atom is 0.338 e. The zero-order valence-corrected chi connectivity index (χ0v) is 22.3. The van der Waals surface area contributed by atoms with Gasteiger partial charge in [0.1, 0.15) is 12.4 Å². The fourth-order valence-electron chi connectivity index (χ4n) is 4.44. The predicted molar refractivity (Wildman–Crippen MR) is 146 cm³/mol. The van der Waals surface area contributed by atoms with E-state index in [2.05, 4.69) is 4.99 Å². The standard InChI is InChI=1S/C30H25FN2O5S/c1-18-26(29(35)38-17-19-7-5-4-6-8-19)27(21-10-12-22(31)13-11-21)33-28(34)25(39-30(33)32-18)16-20-9-14-23(36-2)24(15-20)37-3/h4-16,27H,17H2,1-3H3. The summed E-state index contributed by atoms with van der Waals surface area (Å²) in [4.78, 5) is 32.2. The van der Waals surface area contributed by atoms with Crippen molar-refractivity contribution < 1.29 is 23.4 Å². The summed E-state index contributed by atoms with van der Waals surface area (Å²) in [6, 6.07) is 19.6. The Hall–Kier alpha value is -4.50. The molecule has 0 N–H and O–H groups in total. The van der Waals surface area contributed by atoms with Crippen LogP contribution in [0.5, 0.6) is 11.5 Å².